The molecular formula is C14H9BN2O5. The summed E-state index contributed by atoms with van der Waals surface area (Å²) in [6.07, 6.45) is 0. The SMILES string of the molecule is N#Cc1ccc(O)c(OB(O)Oc2cc(C#N)ccc2O)c1. The van der Waals surface area contributed by atoms with Crippen LogP contribution in [-0.4, -0.2) is 22.6 Å². The van der Waals surface area contributed by atoms with Crippen molar-refractivity contribution in [3.63, 3.8) is 0 Å². The second-order valence-corrected chi connectivity index (χ2v) is 4.13. The zero-order valence-corrected chi connectivity index (χ0v) is 11.1. The van der Waals surface area contributed by atoms with Crippen molar-refractivity contribution in [3.05, 3.63) is 47.5 Å². The molecule has 108 valence electrons. The van der Waals surface area contributed by atoms with E-state index in [2.05, 4.69) is 0 Å². The molecule has 0 aromatic heterocycles. The van der Waals surface area contributed by atoms with Crippen LogP contribution in [0.15, 0.2) is 36.4 Å². The van der Waals surface area contributed by atoms with E-state index < -0.39 is 7.32 Å². The van der Waals surface area contributed by atoms with E-state index in [-0.39, 0.29) is 34.1 Å². The Kier molecular flexibility index (Phi) is 4.37. The van der Waals surface area contributed by atoms with Crippen LogP contribution in [0.4, 0.5) is 0 Å². The number of aromatic hydroxyl groups is 2. The number of nitriles is 2. The molecule has 0 unspecified atom stereocenters. The maximum atomic E-state index is 9.70. The molecule has 0 spiro atoms. The average Bonchev–Trinajstić information content (AvgIpc) is 2.51. The van der Waals surface area contributed by atoms with Crippen molar-refractivity contribution in [1.82, 2.24) is 0 Å². The number of rotatable bonds is 4. The molecule has 8 heteroatoms. The summed E-state index contributed by atoms with van der Waals surface area (Å²) in [4.78, 5) is 0. The minimum atomic E-state index is -1.86. The van der Waals surface area contributed by atoms with Crippen molar-refractivity contribution < 1.29 is 24.5 Å². The molecule has 0 aliphatic carbocycles. The van der Waals surface area contributed by atoms with Gasteiger partial charge in [-0.05, 0) is 24.3 Å². The van der Waals surface area contributed by atoms with Gasteiger partial charge in [-0.15, -0.1) is 0 Å². The quantitative estimate of drug-likeness (QED) is 0.725. The van der Waals surface area contributed by atoms with Crippen LogP contribution in [0.2, 0.25) is 0 Å². The fourth-order valence-electron chi connectivity index (χ4n) is 1.60. The number of hydrogen-bond acceptors (Lipinski definition) is 7. The van der Waals surface area contributed by atoms with E-state index in [1.807, 2.05) is 12.1 Å². The Morgan fingerprint density at radius 2 is 1.23 bits per heavy atom. The standard InChI is InChI=1S/C14H9BN2O5/c16-7-9-1-3-11(18)13(5-9)21-15(20)22-14-6-10(8-17)2-4-12(14)19/h1-6,18-20H. The van der Waals surface area contributed by atoms with Crippen molar-refractivity contribution in [2.75, 3.05) is 0 Å². The summed E-state index contributed by atoms with van der Waals surface area (Å²) in [5, 5.41) is 46.4. The molecule has 0 saturated carbocycles. The number of phenolic OH excluding ortho intramolecular Hbond substituents is 2. The zero-order valence-electron chi connectivity index (χ0n) is 11.1. The first kappa shape index (κ1) is 15.0. The van der Waals surface area contributed by atoms with Crippen molar-refractivity contribution in [2.45, 2.75) is 0 Å². The summed E-state index contributed by atoms with van der Waals surface area (Å²) in [5.74, 6) is -0.918. The zero-order chi connectivity index (χ0) is 16.1. The predicted molar refractivity (Wildman–Crippen MR) is 74.9 cm³/mol. The fraction of sp³-hybridized carbons (Fsp3) is 0. The van der Waals surface area contributed by atoms with Crippen molar-refractivity contribution in [3.8, 4) is 35.1 Å². The van der Waals surface area contributed by atoms with Crippen LogP contribution in [0.1, 0.15) is 11.1 Å². The van der Waals surface area contributed by atoms with Gasteiger partial charge in [0.1, 0.15) is 11.5 Å². The van der Waals surface area contributed by atoms with Crippen LogP contribution in [0.25, 0.3) is 0 Å². The highest BCUT2D eigenvalue weighted by molar-refractivity contribution is 6.36. The number of hydrogen-bond donors (Lipinski definition) is 3. The van der Waals surface area contributed by atoms with Gasteiger partial charge in [-0.2, -0.15) is 10.5 Å². The predicted octanol–water partition coefficient (Wildman–Crippen LogP) is 1.28. The molecule has 3 N–H and O–H groups in total. The minimum Gasteiger partial charge on any atom is -0.504 e. The molecule has 2 aromatic rings. The monoisotopic (exact) mass is 296 g/mol. The summed E-state index contributed by atoms with van der Waals surface area (Å²) in [5.41, 5.74) is 0.434. The molecule has 0 bridgehead atoms. The summed E-state index contributed by atoms with van der Waals surface area (Å²) in [6.45, 7) is 0. The van der Waals surface area contributed by atoms with Crippen LogP contribution in [0.3, 0.4) is 0 Å². The summed E-state index contributed by atoms with van der Waals surface area (Å²) < 4.78 is 9.92. The average molecular weight is 296 g/mol. The molecule has 0 aliphatic rings. The molecule has 0 saturated heterocycles. The lowest BCUT2D eigenvalue weighted by molar-refractivity contribution is 0.284. The third-order valence-electron chi connectivity index (χ3n) is 2.63. The highest BCUT2D eigenvalue weighted by Gasteiger charge is 2.24. The van der Waals surface area contributed by atoms with Gasteiger partial charge in [0, 0.05) is 12.1 Å². The highest BCUT2D eigenvalue weighted by Crippen LogP contribution is 2.29. The molecule has 22 heavy (non-hydrogen) atoms. The highest BCUT2D eigenvalue weighted by atomic mass is 16.7. The first-order valence-electron chi connectivity index (χ1n) is 6.01. The summed E-state index contributed by atoms with van der Waals surface area (Å²) >= 11 is 0. The largest absolute Gasteiger partial charge is 0.785 e. The van der Waals surface area contributed by atoms with Gasteiger partial charge in [-0.1, -0.05) is 0 Å². The van der Waals surface area contributed by atoms with Crippen LogP contribution in [0, 0.1) is 22.7 Å². The van der Waals surface area contributed by atoms with Gasteiger partial charge in [0.2, 0.25) is 0 Å². The van der Waals surface area contributed by atoms with Crippen molar-refractivity contribution in [2.24, 2.45) is 0 Å². The molecule has 0 atom stereocenters. The Bertz CT molecular complexity index is 716. The van der Waals surface area contributed by atoms with Gasteiger partial charge >= 0.3 is 7.32 Å². The maximum absolute atomic E-state index is 9.70. The third kappa shape index (κ3) is 3.39. The normalized spacial score (nSPS) is 9.41. The third-order valence-corrected chi connectivity index (χ3v) is 2.63. The van der Waals surface area contributed by atoms with E-state index in [1.54, 1.807) is 0 Å². The Balaban J connectivity index is 2.16. The van der Waals surface area contributed by atoms with Gasteiger partial charge < -0.3 is 24.5 Å². The molecule has 0 fully saturated rings. The molecular weight excluding hydrogens is 287 g/mol. The lowest BCUT2D eigenvalue weighted by Gasteiger charge is -2.13. The van der Waals surface area contributed by atoms with Crippen LogP contribution >= 0.6 is 0 Å². The van der Waals surface area contributed by atoms with E-state index >= 15 is 0 Å². The Morgan fingerprint density at radius 3 is 1.59 bits per heavy atom. The molecule has 0 amide bonds. The van der Waals surface area contributed by atoms with Crippen molar-refractivity contribution in [1.29, 1.82) is 10.5 Å². The smallest absolute Gasteiger partial charge is 0.504 e. The first-order valence-corrected chi connectivity index (χ1v) is 6.01. The molecule has 7 nitrogen and oxygen atoms in total. The van der Waals surface area contributed by atoms with E-state index in [1.165, 1.54) is 36.4 Å². The second-order valence-electron chi connectivity index (χ2n) is 4.13. The summed E-state index contributed by atoms with van der Waals surface area (Å²) in [7, 11) is -1.86. The topological polar surface area (TPSA) is 127 Å². The lowest BCUT2D eigenvalue weighted by atomic mass is 10.1. The van der Waals surface area contributed by atoms with Gasteiger partial charge in [-0.3, -0.25) is 0 Å². The number of nitrogens with zero attached hydrogens (tertiary/aromatic N) is 2. The van der Waals surface area contributed by atoms with Gasteiger partial charge in [0.25, 0.3) is 0 Å². The molecule has 0 radical (unpaired) electrons. The van der Waals surface area contributed by atoms with E-state index in [9.17, 15) is 15.2 Å². The molecule has 2 rings (SSSR count). The Labute approximate surface area is 126 Å². The molecule has 2 aromatic carbocycles. The molecule has 0 aliphatic heterocycles. The minimum absolute atomic E-state index is 0.164. The van der Waals surface area contributed by atoms with Gasteiger partial charge in [0.15, 0.2) is 11.5 Å². The van der Waals surface area contributed by atoms with Gasteiger partial charge in [0.05, 0.1) is 23.3 Å². The lowest BCUT2D eigenvalue weighted by Crippen LogP contribution is -2.29. The molecule has 0 heterocycles. The number of benzene rings is 2. The maximum Gasteiger partial charge on any atom is 0.785 e. The van der Waals surface area contributed by atoms with E-state index in [0.717, 1.165) is 0 Å². The van der Waals surface area contributed by atoms with Crippen LogP contribution in [0.5, 0.6) is 23.0 Å². The number of phenols is 2. The second kappa shape index (κ2) is 6.40. The van der Waals surface area contributed by atoms with E-state index in [4.69, 9.17) is 19.8 Å². The van der Waals surface area contributed by atoms with Crippen molar-refractivity contribution >= 4 is 7.32 Å². The Hall–Kier alpha value is -3.36. The summed E-state index contributed by atoms with van der Waals surface area (Å²) in [6, 6.07) is 11.3. The first-order chi connectivity index (χ1) is 10.5. The van der Waals surface area contributed by atoms with Gasteiger partial charge in [-0.25, -0.2) is 0 Å². The Morgan fingerprint density at radius 1 is 0.818 bits per heavy atom. The van der Waals surface area contributed by atoms with Crippen LogP contribution < -0.4 is 9.31 Å². The van der Waals surface area contributed by atoms with E-state index in [0.29, 0.717) is 0 Å². The fourth-order valence-corrected chi connectivity index (χ4v) is 1.60. The van der Waals surface area contributed by atoms with Crippen LogP contribution in [-0.2, 0) is 0 Å².